The van der Waals surface area contributed by atoms with Crippen molar-refractivity contribution in [2.45, 2.75) is 12.2 Å². The van der Waals surface area contributed by atoms with Crippen LogP contribution in [0.25, 0.3) is 0 Å². The SMILES string of the molecule is C[CH2][GeH]([I])[I]. The van der Waals surface area contributed by atoms with Crippen LogP contribution in [0.5, 0.6) is 0 Å². The van der Waals surface area contributed by atoms with E-state index < -0.39 is 7.73 Å². The topological polar surface area (TPSA) is 0 Å². The monoisotopic (exact) mass is 358 g/mol. The summed E-state index contributed by atoms with van der Waals surface area (Å²) in [4.78, 5) is 0. The minimum absolute atomic E-state index is 0.572. The molecule has 0 radical (unpaired) electrons. The summed E-state index contributed by atoms with van der Waals surface area (Å²) >= 11 is 5.16. The van der Waals surface area contributed by atoms with Gasteiger partial charge in [0.2, 0.25) is 0 Å². The molecule has 0 aliphatic carbocycles. The van der Waals surface area contributed by atoms with Gasteiger partial charge in [-0.25, -0.2) is 0 Å². The zero-order chi connectivity index (χ0) is 4.28. The molecular weight excluding hydrogens is 350 g/mol. The number of hydrogen-bond acceptors (Lipinski definition) is 0. The molecule has 0 heterocycles. The van der Waals surface area contributed by atoms with E-state index in [9.17, 15) is 0 Å². The fourth-order valence-corrected chi connectivity index (χ4v) is 0. The molecule has 5 heavy (non-hydrogen) atoms. The Morgan fingerprint density at radius 2 is 1.80 bits per heavy atom. The first-order valence-electron chi connectivity index (χ1n) is 1.55. The second-order valence-electron chi connectivity index (χ2n) is 0.799. The number of hydrogen-bond donors (Lipinski definition) is 0. The van der Waals surface area contributed by atoms with Gasteiger partial charge in [-0.3, -0.25) is 0 Å². The van der Waals surface area contributed by atoms with Crippen molar-refractivity contribution in [1.82, 2.24) is 0 Å². The molecule has 0 aliphatic rings. The van der Waals surface area contributed by atoms with E-state index in [0.717, 1.165) is 0 Å². The fourth-order valence-electron chi connectivity index (χ4n) is 0. The molecule has 0 amide bonds. The molecule has 0 atom stereocenters. The van der Waals surface area contributed by atoms with Gasteiger partial charge in [-0.05, 0) is 0 Å². The molecule has 0 aromatic heterocycles. The summed E-state index contributed by atoms with van der Waals surface area (Å²) in [6.45, 7) is 2.27. The molecule has 0 bridgehead atoms. The Morgan fingerprint density at radius 1 is 1.60 bits per heavy atom. The summed E-state index contributed by atoms with van der Waals surface area (Å²) < 4.78 is 0. The van der Waals surface area contributed by atoms with Crippen molar-refractivity contribution in [3.8, 4) is 0 Å². The Labute approximate surface area is 59.4 Å². The number of halogens is 2. The Bertz CT molecular complexity index is 21.6. The Hall–Kier alpha value is 2.00. The van der Waals surface area contributed by atoms with Crippen molar-refractivity contribution < 1.29 is 0 Å². The number of rotatable bonds is 1. The van der Waals surface area contributed by atoms with Gasteiger partial charge in [0.1, 0.15) is 0 Å². The van der Waals surface area contributed by atoms with Crippen molar-refractivity contribution in [3.05, 3.63) is 0 Å². The molecule has 32 valence electrons. The summed E-state index contributed by atoms with van der Waals surface area (Å²) in [5.74, 6) is 0. The Kier molecular flexibility index (Phi) is 5.84. The third-order valence-corrected chi connectivity index (χ3v) is 10.8. The van der Waals surface area contributed by atoms with Crippen molar-refractivity contribution in [2.24, 2.45) is 0 Å². The molecule has 0 saturated heterocycles. The van der Waals surface area contributed by atoms with Gasteiger partial charge < -0.3 is 0 Å². The van der Waals surface area contributed by atoms with Crippen LogP contribution in [-0.4, -0.2) is 7.73 Å². The first-order chi connectivity index (χ1) is 2.27. The van der Waals surface area contributed by atoms with Crippen LogP contribution < -0.4 is 0 Å². The van der Waals surface area contributed by atoms with Gasteiger partial charge in [-0.15, -0.1) is 0 Å². The maximum atomic E-state index is 2.58. The zero-order valence-electron chi connectivity index (χ0n) is 3.04. The molecule has 3 heteroatoms. The normalized spacial score (nSPS) is 9.60. The van der Waals surface area contributed by atoms with Crippen LogP contribution in [0.15, 0.2) is 0 Å². The third-order valence-electron chi connectivity index (χ3n) is 0.309. The second kappa shape index (κ2) is 4.17. The van der Waals surface area contributed by atoms with Crippen molar-refractivity contribution >= 4 is 48.2 Å². The van der Waals surface area contributed by atoms with Gasteiger partial charge in [0, 0.05) is 0 Å². The van der Waals surface area contributed by atoms with E-state index in [2.05, 4.69) is 47.4 Å². The standard InChI is InChI=1S/C2H6GeI2/c1-2-3(4)5/h3H,2H2,1H3. The molecule has 0 spiro atoms. The van der Waals surface area contributed by atoms with Crippen LogP contribution in [0.3, 0.4) is 0 Å². The van der Waals surface area contributed by atoms with Crippen molar-refractivity contribution in [3.63, 3.8) is 0 Å². The van der Waals surface area contributed by atoms with E-state index in [0.29, 0.717) is 0 Å². The van der Waals surface area contributed by atoms with Crippen LogP contribution in [-0.2, 0) is 0 Å². The summed E-state index contributed by atoms with van der Waals surface area (Å²) in [6.07, 6.45) is 0. The molecule has 0 saturated carbocycles. The fraction of sp³-hybridized carbons (Fsp3) is 1.00. The Morgan fingerprint density at radius 3 is 1.80 bits per heavy atom. The van der Waals surface area contributed by atoms with E-state index in [1.807, 2.05) is 0 Å². The molecule has 0 unspecified atom stereocenters. The van der Waals surface area contributed by atoms with E-state index in [1.54, 1.807) is 0 Å². The van der Waals surface area contributed by atoms with E-state index in [-0.39, 0.29) is 0 Å². The summed E-state index contributed by atoms with van der Waals surface area (Å²) in [5.41, 5.74) is 0. The van der Waals surface area contributed by atoms with Crippen molar-refractivity contribution in [2.75, 3.05) is 0 Å². The van der Waals surface area contributed by atoms with Gasteiger partial charge in [0.05, 0.1) is 0 Å². The first-order valence-corrected chi connectivity index (χ1v) is 18.0. The van der Waals surface area contributed by atoms with Gasteiger partial charge in [0.15, 0.2) is 0 Å². The molecule has 0 fully saturated rings. The van der Waals surface area contributed by atoms with Gasteiger partial charge in [-0.1, -0.05) is 0 Å². The quantitative estimate of drug-likeness (QED) is 0.499. The summed E-state index contributed by atoms with van der Waals surface area (Å²) in [5, 5.41) is 1.47. The molecular formula is C2H6GeI2. The van der Waals surface area contributed by atoms with Gasteiger partial charge >= 0.3 is 60.3 Å². The zero-order valence-corrected chi connectivity index (χ0v) is 9.78. The first kappa shape index (κ1) is 7.00. The van der Waals surface area contributed by atoms with Crippen molar-refractivity contribution in [1.29, 1.82) is 0 Å². The molecule has 0 aromatic rings. The minimum atomic E-state index is -0.572. The van der Waals surface area contributed by atoms with E-state index >= 15 is 0 Å². The van der Waals surface area contributed by atoms with Crippen LogP contribution >= 0.6 is 40.4 Å². The average molecular weight is 356 g/mol. The molecule has 0 rings (SSSR count). The van der Waals surface area contributed by atoms with E-state index in [1.165, 1.54) is 5.25 Å². The third kappa shape index (κ3) is 6.00. The van der Waals surface area contributed by atoms with Crippen LogP contribution in [0.1, 0.15) is 6.92 Å². The maximum absolute atomic E-state index is 2.58. The second-order valence-corrected chi connectivity index (χ2v) is 32.2. The van der Waals surface area contributed by atoms with Gasteiger partial charge in [-0.2, -0.15) is 0 Å². The predicted octanol–water partition coefficient (Wildman–Crippen LogP) is 2.10. The molecule has 0 aromatic carbocycles. The molecule has 0 nitrogen and oxygen atoms in total. The van der Waals surface area contributed by atoms with E-state index in [4.69, 9.17) is 0 Å². The van der Waals surface area contributed by atoms with Crippen LogP contribution in [0.2, 0.25) is 5.25 Å². The molecule has 0 aliphatic heterocycles. The average Bonchev–Trinajstić information content (AvgIpc) is 1.38. The van der Waals surface area contributed by atoms with Crippen LogP contribution in [0, 0.1) is 0 Å². The van der Waals surface area contributed by atoms with Gasteiger partial charge in [0.25, 0.3) is 0 Å². The summed E-state index contributed by atoms with van der Waals surface area (Å²) in [6, 6.07) is 0. The molecule has 0 N–H and O–H groups in total. The predicted molar refractivity (Wildman–Crippen MR) is 45.7 cm³/mol. The summed E-state index contributed by atoms with van der Waals surface area (Å²) in [7, 11) is -0.572. The Balaban J connectivity index is 2.54. The van der Waals surface area contributed by atoms with Crippen LogP contribution in [0.4, 0.5) is 0 Å².